The molecule has 3 heterocycles. The number of hydrogen-bond acceptors (Lipinski definition) is 4. The highest BCUT2D eigenvalue weighted by Crippen LogP contribution is 2.22. The molecule has 3 aromatic heterocycles. The van der Waals surface area contributed by atoms with Crippen LogP contribution in [0.1, 0.15) is 27.3 Å². The molecule has 0 fully saturated rings. The molecular weight excluding hydrogens is 326 g/mol. The zero-order chi connectivity index (χ0) is 18.4. The second-order valence-corrected chi connectivity index (χ2v) is 6.58. The number of rotatable bonds is 2. The third-order valence-corrected chi connectivity index (χ3v) is 4.53. The van der Waals surface area contributed by atoms with Gasteiger partial charge in [-0.15, -0.1) is 0 Å². The van der Waals surface area contributed by atoms with Crippen LogP contribution in [0.25, 0.3) is 21.9 Å². The summed E-state index contributed by atoms with van der Waals surface area (Å²) in [5, 5.41) is 9.17. The number of benzene rings is 1. The van der Waals surface area contributed by atoms with Gasteiger partial charge in [0.1, 0.15) is 0 Å². The van der Waals surface area contributed by atoms with Gasteiger partial charge in [0, 0.05) is 17.8 Å². The lowest BCUT2D eigenvalue weighted by molar-refractivity contribution is 0.102. The summed E-state index contributed by atoms with van der Waals surface area (Å²) in [6.45, 7) is 5.80. The maximum absolute atomic E-state index is 12.8. The Kier molecular flexibility index (Phi) is 3.68. The molecule has 1 amide bonds. The number of nitrogens with one attached hydrogen (secondary N) is 1. The minimum absolute atomic E-state index is 0.193. The Bertz CT molecular complexity index is 1180. The van der Waals surface area contributed by atoms with Gasteiger partial charge in [-0.3, -0.25) is 14.5 Å². The molecule has 1 aromatic carbocycles. The van der Waals surface area contributed by atoms with Crippen molar-refractivity contribution in [3.05, 3.63) is 59.0 Å². The molecule has 0 spiro atoms. The van der Waals surface area contributed by atoms with Gasteiger partial charge < -0.3 is 5.32 Å². The topological polar surface area (TPSA) is 72.7 Å². The molecule has 0 aliphatic rings. The van der Waals surface area contributed by atoms with E-state index in [-0.39, 0.29) is 5.91 Å². The van der Waals surface area contributed by atoms with Crippen molar-refractivity contribution < 1.29 is 4.79 Å². The highest BCUT2D eigenvalue weighted by molar-refractivity contribution is 6.07. The van der Waals surface area contributed by atoms with E-state index in [0.717, 1.165) is 33.2 Å². The van der Waals surface area contributed by atoms with Gasteiger partial charge in [0.25, 0.3) is 5.91 Å². The average molecular weight is 345 g/mol. The fourth-order valence-corrected chi connectivity index (χ4v) is 3.20. The number of anilines is 1. The minimum atomic E-state index is -0.193. The fraction of sp³-hybridized carbons (Fsp3) is 0.200. The van der Waals surface area contributed by atoms with E-state index < -0.39 is 0 Å². The lowest BCUT2D eigenvalue weighted by Gasteiger charge is -2.09. The van der Waals surface area contributed by atoms with Crippen LogP contribution >= 0.6 is 0 Å². The van der Waals surface area contributed by atoms with Crippen LogP contribution in [-0.2, 0) is 7.05 Å². The second kappa shape index (κ2) is 5.91. The number of aryl methyl sites for hydroxylation is 4. The monoisotopic (exact) mass is 345 g/mol. The van der Waals surface area contributed by atoms with E-state index in [1.54, 1.807) is 10.9 Å². The lowest BCUT2D eigenvalue weighted by Crippen LogP contribution is -2.14. The minimum Gasteiger partial charge on any atom is -0.321 e. The van der Waals surface area contributed by atoms with Crippen molar-refractivity contribution >= 4 is 33.5 Å². The summed E-state index contributed by atoms with van der Waals surface area (Å²) < 4.78 is 1.73. The van der Waals surface area contributed by atoms with E-state index >= 15 is 0 Å². The van der Waals surface area contributed by atoms with Gasteiger partial charge >= 0.3 is 0 Å². The van der Waals surface area contributed by atoms with Crippen LogP contribution in [0.4, 0.5) is 5.69 Å². The van der Waals surface area contributed by atoms with E-state index in [1.807, 2.05) is 58.2 Å². The van der Waals surface area contributed by atoms with Crippen molar-refractivity contribution in [1.29, 1.82) is 0 Å². The number of nitrogens with zero attached hydrogens (tertiary/aromatic N) is 4. The first-order chi connectivity index (χ1) is 12.4. The second-order valence-electron chi connectivity index (χ2n) is 6.58. The van der Waals surface area contributed by atoms with E-state index in [4.69, 9.17) is 0 Å². The molecule has 0 aliphatic carbocycles. The molecule has 4 aromatic rings. The highest BCUT2D eigenvalue weighted by atomic mass is 16.1. The first-order valence-corrected chi connectivity index (χ1v) is 8.41. The molecule has 26 heavy (non-hydrogen) atoms. The Morgan fingerprint density at radius 3 is 2.69 bits per heavy atom. The SMILES string of the molecule is Cc1ccc2nc(C)c(C(=O)Nc3cnc4c(c3)c(C)nn4C)cc2c1. The van der Waals surface area contributed by atoms with Gasteiger partial charge in [-0.25, -0.2) is 4.98 Å². The number of carbonyl (C=O) groups is 1. The molecule has 0 saturated carbocycles. The number of aromatic nitrogens is 4. The molecule has 0 unspecified atom stereocenters. The average Bonchev–Trinajstić information content (AvgIpc) is 2.88. The van der Waals surface area contributed by atoms with E-state index in [0.29, 0.717) is 16.9 Å². The maximum Gasteiger partial charge on any atom is 0.257 e. The van der Waals surface area contributed by atoms with E-state index in [9.17, 15) is 4.79 Å². The highest BCUT2D eigenvalue weighted by Gasteiger charge is 2.14. The van der Waals surface area contributed by atoms with Gasteiger partial charge in [-0.2, -0.15) is 5.10 Å². The van der Waals surface area contributed by atoms with Crippen LogP contribution in [0.15, 0.2) is 36.5 Å². The number of carbonyl (C=O) groups excluding carboxylic acids is 1. The molecular formula is C20H19N5O. The van der Waals surface area contributed by atoms with Crippen molar-refractivity contribution in [2.24, 2.45) is 7.05 Å². The molecule has 0 atom stereocenters. The summed E-state index contributed by atoms with van der Waals surface area (Å²) in [5.74, 6) is -0.193. The summed E-state index contributed by atoms with van der Waals surface area (Å²) in [6.07, 6.45) is 1.65. The quantitative estimate of drug-likeness (QED) is 0.601. The summed E-state index contributed by atoms with van der Waals surface area (Å²) in [5.41, 5.74) is 5.60. The zero-order valence-corrected chi connectivity index (χ0v) is 15.2. The van der Waals surface area contributed by atoms with Crippen molar-refractivity contribution in [3.63, 3.8) is 0 Å². The zero-order valence-electron chi connectivity index (χ0n) is 15.2. The number of pyridine rings is 2. The molecule has 130 valence electrons. The molecule has 4 rings (SSSR count). The maximum atomic E-state index is 12.8. The van der Waals surface area contributed by atoms with Gasteiger partial charge in [0.15, 0.2) is 5.65 Å². The van der Waals surface area contributed by atoms with Crippen molar-refractivity contribution in [2.75, 3.05) is 5.32 Å². The predicted octanol–water partition coefficient (Wildman–Crippen LogP) is 3.69. The summed E-state index contributed by atoms with van der Waals surface area (Å²) >= 11 is 0. The normalized spacial score (nSPS) is 11.2. The van der Waals surface area contributed by atoms with E-state index in [2.05, 4.69) is 20.4 Å². The molecule has 6 nitrogen and oxygen atoms in total. The molecule has 0 radical (unpaired) electrons. The van der Waals surface area contributed by atoms with Crippen LogP contribution in [0.5, 0.6) is 0 Å². The predicted molar refractivity (Wildman–Crippen MR) is 102 cm³/mol. The van der Waals surface area contributed by atoms with Crippen LogP contribution < -0.4 is 5.32 Å². The molecule has 0 aliphatic heterocycles. The molecule has 6 heteroatoms. The lowest BCUT2D eigenvalue weighted by atomic mass is 10.1. The van der Waals surface area contributed by atoms with Crippen LogP contribution in [0, 0.1) is 20.8 Å². The first-order valence-electron chi connectivity index (χ1n) is 8.41. The molecule has 1 N–H and O–H groups in total. The number of amides is 1. The Balaban J connectivity index is 1.71. The fourth-order valence-electron chi connectivity index (χ4n) is 3.20. The standard InChI is InChI=1S/C20H19N5O/c1-11-5-6-18-14(7-11)8-17(12(2)22-18)20(26)23-15-9-16-13(3)24-25(4)19(16)21-10-15/h5-10H,1-4H3,(H,23,26). The van der Waals surface area contributed by atoms with Gasteiger partial charge in [0.05, 0.1) is 34.4 Å². The number of hydrogen-bond donors (Lipinski definition) is 1. The van der Waals surface area contributed by atoms with Crippen molar-refractivity contribution in [3.8, 4) is 0 Å². The Morgan fingerprint density at radius 2 is 1.88 bits per heavy atom. The van der Waals surface area contributed by atoms with Crippen LogP contribution in [-0.4, -0.2) is 25.7 Å². The summed E-state index contributed by atoms with van der Waals surface area (Å²) in [7, 11) is 1.85. The molecule has 0 bridgehead atoms. The van der Waals surface area contributed by atoms with Crippen LogP contribution in [0.2, 0.25) is 0 Å². The Labute approximate surface area is 150 Å². The van der Waals surface area contributed by atoms with Gasteiger partial charge in [0.2, 0.25) is 0 Å². The Hall–Kier alpha value is -3.28. The van der Waals surface area contributed by atoms with Gasteiger partial charge in [-0.1, -0.05) is 11.6 Å². The first kappa shape index (κ1) is 16.2. The van der Waals surface area contributed by atoms with Gasteiger partial charge in [-0.05, 0) is 45.0 Å². The van der Waals surface area contributed by atoms with Crippen LogP contribution in [0.3, 0.4) is 0 Å². The summed E-state index contributed by atoms with van der Waals surface area (Å²) in [6, 6.07) is 9.82. The molecule has 0 saturated heterocycles. The Morgan fingerprint density at radius 1 is 1.08 bits per heavy atom. The third-order valence-electron chi connectivity index (χ3n) is 4.53. The van der Waals surface area contributed by atoms with Crippen molar-refractivity contribution in [1.82, 2.24) is 19.7 Å². The summed E-state index contributed by atoms with van der Waals surface area (Å²) in [4.78, 5) is 21.7. The largest absolute Gasteiger partial charge is 0.321 e. The number of fused-ring (bicyclic) bond motifs is 2. The van der Waals surface area contributed by atoms with E-state index in [1.165, 1.54) is 0 Å². The van der Waals surface area contributed by atoms with Crippen molar-refractivity contribution in [2.45, 2.75) is 20.8 Å². The smallest absolute Gasteiger partial charge is 0.257 e. The third kappa shape index (κ3) is 2.69.